The summed E-state index contributed by atoms with van der Waals surface area (Å²) in [6.45, 7) is 0.205. The molecule has 0 radical (unpaired) electrons. The number of hydrogen-bond donors (Lipinski definition) is 1. The summed E-state index contributed by atoms with van der Waals surface area (Å²) < 4.78 is 45.6. The predicted octanol–water partition coefficient (Wildman–Crippen LogP) is 5.50. The Morgan fingerprint density at radius 2 is 1.91 bits per heavy atom. The van der Waals surface area contributed by atoms with Crippen LogP contribution in [0.4, 0.5) is 4.39 Å². The molecule has 6 nitrogen and oxygen atoms in total. The Balaban J connectivity index is 1.47. The molecule has 0 saturated heterocycles. The average Bonchev–Trinajstić information content (AvgIpc) is 3.37. The molecule has 2 aromatic rings. The van der Waals surface area contributed by atoms with Crippen molar-refractivity contribution in [1.82, 2.24) is 5.32 Å². The predicted molar refractivity (Wildman–Crippen MR) is 138 cm³/mol. The average molecular weight is 598 g/mol. The zero-order chi connectivity index (χ0) is 25.3. The summed E-state index contributed by atoms with van der Waals surface area (Å²) in [6.07, 6.45) is 0.377. The summed E-state index contributed by atoms with van der Waals surface area (Å²) in [6, 6.07) is 6.32. The van der Waals surface area contributed by atoms with Crippen molar-refractivity contribution in [1.29, 1.82) is 0 Å². The molecule has 1 aromatic carbocycles. The van der Waals surface area contributed by atoms with Crippen molar-refractivity contribution in [3.05, 3.63) is 71.8 Å². The first kappa shape index (κ1) is 26.6. The Morgan fingerprint density at radius 3 is 2.60 bits per heavy atom. The van der Waals surface area contributed by atoms with Crippen LogP contribution in [0.15, 0.2) is 56.0 Å². The van der Waals surface area contributed by atoms with E-state index in [2.05, 4.69) is 10.3 Å². The fourth-order valence-electron chi connectivity index (χ4n) is 3.67. The number of hydrogen-bond acceptors (Lipinski definition) is 6. The van der Waals surface area contributed by atoms with Crippen molar-refractivity contribution in [3.63, 3.8) is 0 Å². The van der Waals surface area contributed by atoms with Crippen molar-refractivity contribution >= 4 is 79.2 Å². The Labute approximate surface area is 225 Å². The van der Waals surface area contributed by atoms with Crippen LogP contribution in [0.5, 0.6) is 0 Å². The number of sulfone groups is 1. The molecule has 4 rings (SSSR count). The summed E-state index contributed by atoms with van der Waals surface area (Å²) in [4.78, 5) is 16.8. The standard InChI is InChI=1S/C22H17Cl4FN2O4S2/c23-13-2-1-11(15(24)4-13)3-18-21-12(6-28-18)8-33-9-14(21)17(27)7-29-19(30)10-35(31,32)20-5-16(25)22(26)34-20/h1-2,4-5H,3,6-10H2,(H,29,30)/b17-14-. The van der Waals surface area contributed by atoms with Gasteiger partial charge in [-0.15, -0.1) is 11.3 Å². The van der Waals surface area contributed by atoms with Crippen LogP contribution in [0.25, 0.3) is 0 Å². The van der Waals surface area contributed by atoms with Crippen LogP contribution in [0.3, 0.4) is 0 Å². The number of nitrogens with one attached hydrogen (secondary N) is 1. The number of carbonyl (C=O) groups is 1. The Bertz CT molecular complexity index is 1380. The lowest BCUT2D eigenvalue weighted by Gasteiger charge is -2.21. The molecular formula is C22H17Cl4FN2O4S2. The molecule has 0 atom stereocenters. The quantitative estimate of drug-likeness (QED) is 0.457. The normalized spacial score (nSPS) is 17.3. The van der Waals surface area contributed by atoms with Crippen LogP contribution >= 0.6 is 57.7 Å². The third kappa shape index (κ3) is 6.10. The number of thiophene rings is 1. The fourth-order valence-corrected chi connectivity index (χ4v) is 7.27. The van der Waals surface area contributed by atoms with E-state index >= 15 is 4.39 Å². The maximum Gasteiger partial charge on any atom is 0.235 e. The molecule has 186 valence electrons. The number of benzene rings is 1. The molecule has 3 heterocycles. The summed E-state index contributed by atoms with van der Waals surface area (Å²) in [5, 5.41) is 3.39. The van der Waals surface area contributed by atoms with E-state index in [-0.39, 0.29) is 25.7 Å². The smallest absolute Gasteiger partial charge is 0.235 e. The lowest BCUT2D eigenvalue weighted by Crippen LogP contribution is -2.32. The van der Waals surface area contributed by atoms with Gasteiger partial charge in [-0.2, -0.15) is 0 Å². The molecule has 1 aromatic heterocycles. The van der Waals surface area contributed by atoms with Gasteiger partial charge < -0.3 is 10.1 Å². The highest BCUT2D eigenvalue weighted by atomic mass is 35.5. The molecule has 13 heteroatoms. The minimum absolute atomic E-state index is 0.00159. The minimum Gasteiger partial charge on any atom is -0.372 e. The van der Waals surface area contributed by atoms with E-state index in [0.29, 0.717) is 40.9 Å². The molecule has 0 spiro atoms. The van der Waals surface area contributed by atoms with Crippen molar-refractivity contribution in [2.45, 2.75) is 10.6 Å². The van der Waals surface area contributed by atoms with Gasteiger partial charge in [0, 0.05) is 33.3 Å². The van der Waals surface area contributed by atoms with Crippen LogP contribution in [0.2, 0.25) is 19.4 Å². The molecule has 0 bridgehead atoms. The molecule has 2 aliphatic heterocycles. The second kappa shape index (κ2) is 10.9. The lowest BCUT2D eigenvalue weighted by molar-refractivity contribution is -0.118. The van der Waals surface area contributed by atoms with Gasteiger partial charge >= 0.3 is 0 Å². The Hall–Kier alpha value is -1.46. The zero-order valence-corrected chi connectivity index (χ0v) is 22.5. The van der Waals surface area contributed by atoms with E-state index in [1.54, 1.807) is 18.2 Å². The van der Waals surface area contributed by atoms with Gasteiger partial charge in [0.1, 0.15) is 20.1 Å². The molecule has 35 heavy (non-hydrogen) atoms. The van der Waals surface area contributed by atoms with Crippen LogP contribution in [0, 0.1) is 0 Å². The number of rotatable bonds is 7. The SMILES string of the molecule is O=C(CS(=O)(=O)c1cc(Cl)c(Cl)s1)NC/C(F)=C1\COCC2=C1C(Cc1ccc(Cl)cc1Cl)=NC2. The molecule has 1 amide bonds. The first-order valence-electron chi connectivity index (χ1n) is 10.1. The zero-order valence-electron chi connectivity index (χ0n) is 17.8. The van der Waals surface area contributed by atoms with Crippen molar-refractivity contribution in [3.8, 4) is 0 Å². The van der Waals surface area contributed by atoms with Crippen molar-refractivity contribution in [2.75, 3.05) is 32.1 Å². The third-order valence-corrected chi connectivity index (χ3v) is 9.95. The molecule has 0 aliphatic carbocycles. The molecule has 0 unspecified atom stereocenters. The highest BCUT2D eigenvalue weighted by molar-refractivity contribution is 7.94. The highest BCUT2D eigenvalue weighted by Crippen LogP contribution is 2.35. The van der Waals surface area contributed by atoms with Gasteiger partial charge in [0.2, 0.25) is 5.91 Å². The fraction of sp³-hybridized carbons (Fsp3) is 0.273. The van der Waals surface area contributed by atoms with Gasteiger partial charge in [-0.3, -0.25) is 9.79 Å². The lowest BCUT2D eigenvalue weighted by atomic mass is 9.92. The van der Waals surface area contributed by atoms with Crippen molar-refractivity contribution in [2.24, 2.45) is 4.99 Å². The van der Waals surface area contributed by atoms with Crippen molar-refractivity contribution < 1.29 is 22.3 Å². The van der Waals surface area contributed by atoms with Crippen LogP contribution in [-0.4, -0.2) is 52.1 Å². The number of amides is 1. The monoisotopic (exact) mass is 596 g/mol. The minimum atomic E-state index is -3.97. The molecule has 1 N–H and O–H groups in total. The van der Waals surface area contributed by atoms with Gasteiger partial charge in [0.25, 0.3) is 0 Å². The summed E-state index contributed by atoms with van der Waals surface area (Å²) in [7, 11) is -3.97. The van der Waals surface area contributed by atoms with Gasteiger partial charge in [0.15, 0.2) is 9.84 Å². The second-order valence-corrected chi connectivity index (χ2v) is 12.9. The second-order valence-electron chi connectivity index (χ2n) is 7.75. The highest BCUT2D eigenvalue weighted by Gasteiger charge is 2.30. The van der Waals surface area contributed by atoms with E-state index < -0.39 is 33.9 Å². The van der Waals surface area contributed by atoms with E-state index in [1.165, 1.54) is 6.07 Å². The Kier molecular flexibility index (Phi) is 8.27. The number of halogens is 5. The molecule has 0 fully saturated rings. The number of aliphatic imine (C=N–C) groups is 1. The molecule has 2 aliphatic rings. The number of carbonyl (C=O) groups excluding carboxylic acids is 1. The van der Waals surface area contributed by atoms with Crippen LogP contribution in [0.1, 0.15) is 5.56 Å². The summed E-state index contributed by atoms with van der Waals surface area (Å²) >= 11 is 24.6. The van der Waals surface area contributed by atoms with Gasteiger partial charge in [-0.1, -0.05) is 52.5 Å². The van der Waals surface area contributed by atoms with E-state index in [4.69, 9.17) is 51.1 Å². The van der Waals surface area contributed by atoms with Crippen LogP contribution < -0.4 is 5.32 Å². The topological polar surface area (TPSA) is 84.8 Å². The first-order valence-corrected chi connectivity index (χ1v) is 14.1. The van der Waals surface area contributed by atoms with E-state index in [9.17, 15) is 13.2 Å². The van der Waals surface area contributed by atoms with E-state index in [0.717, 1.165) is 22.5 Å². The maximum atomic E-state index is 15.2. The maximum absolute atomic E-state index is 15.2. The summed E-state index contributed by atoms with van der Waals surface area (Å²) in [5.41, 5.74) is 3.22. The van der Waals surface area contributed by atoms with Gasteiger partial charge in [0.05, 0.1) is 31.3 Å². The van der Waals surface area contributed by atoms with Gasteiger partial charge in [-0.05, 0) is 29.3 Å². The number of ether oxygens (including phenoxy) is 1. The van der Waals surface area contributed by atoms with Crippen LogP contribution in [-0.2, 0) is 25.8 Å². The molecule has 0 saturated carbocycles. The third-order valence-electron chi connectivity index (χ3n) is 5.32. The summed E-state index contributed by atoms with van der Waals surface area (Å²) in [5.74, 6) is -2.36. The number of nitrogens with zero attached hydrogens (tertiary/aromatic N) is 1. The Morgan fingerprint density at radius 1 is 1.14 bits per heavy atom. The largest absolute Gasteiger partial charge is 0.372 e. The van der Waals surface area contributed by atoms with E-state index in [1.807, 2.05) is 0 Å². The molecular weight excluding hydrogens is 581 g/mol. The van der Waals surface area contributed by atoms with Gasteiger partial charge in [-0.25, -0.2) is 12.8 Å². The first-order chi connectivity index (χ1) is 16.5.